The Morgan fingerprint density at radius 2 is 1.75 bits per heavy atom. The first-order valence-corrected chi connectivity index (χ1v) is 13.9. The lowest BCUT2D eigenvalue weighted by atomic mass is 9.99. The lowest BCUT2D eigenvalue weighted by Crippen LogP contribution is -2.60. The number of hydrogen-bond acceptors (Lipinski definition) is 16. The van der Waals surface area contributed by atoms with Crippen LogP contribution in [0.2, 0.25) is 0 Å². The van der Waals surface area contributed by atoms with Crippen molar-refractivity contribution in [2.24, 2.45) is 11.5 Å². The molecule has 1 aliphatic heterocycles. The smallest absolute Gasteiger partial charge is 0.305 e. The molecule has 1 heterocycles. The van der Waals surface area contributed by atoms with Crippen molar-refractivity contribution in [2.75, 3.05) is 31.2 Å². The Labute approximate surface area is 242 Å². The molecule has 1 amide bonds. The highest BCUT2D eigenvalue weighted by molar-refractivity contribution is 7.81. The van der Waals surface area contributed by atoms with E-state index < -0.39 is 73.0 Å². The molecule has 0 aromatic rings. The van der Waals surface area contributed by atoms with Crippen LogP contribution in [-0.2, 0) is 28.8 Å². The number of amides is 1. The number of aliphatic hydroxyl groups excluding tert-OH is 1. The van der Waals surface area contributed by atoms with Crippen LogP contribution in [0.1, 0.15) is 32.1 Å². The molecule has 0 saturated carbocycles. The summed E-state index contributed by atoms with van der Waals surface area (Å²) < 4.78 is 0. The molecule has 40 heavy (non-hydrogen) atoms. The Kier molecular flexibility index (Phi) is 17.3. The van der Waals surface area contributed by atoms with Gasteiger partial charge in [0, 0.05) is 12.3 Å². The van der Waals surface area contributed by atoms with E-state index in [1.165, 1.54) is 5.01 Å². The Morgan fingerprint density at radius 3 is 2.30 bits per heavy atom. The minimum absolute atomic E-state index is 0.0520. The Bertz CT molecular complexity index is 884. The molecular weight excluding hydrogens is 568 g/mol. The number of carbonyl (C=O) groups excluding carboxylic acids is 5. The number of ketones is 3. The average molecular weight is 609 g/mol. The second kappa shape index (κ2) is 19.2. The van der Waals surface area contributed by atoms with Crippen LogP contribution in [0.4, 0.5) is 0 Å². The normalized spacial score (nSPS) is 18.6. The maximum absolute atomic E-state index is 13.1. The van der Waals surface area contributed by atoms with Gasteiger partial charge in [0.25, 0.3) is 0 Å². The van der Waals surface area contributed by atoms with Crippen LogP contribution in [0.25, 0.3) is 0 Å². The molecule has 0 aliphatic carbocycles. The molecule has 18 heteroatoms. The fourth-order valence-corrected chi connectivity index (χ4v) is 4.40. The van der Waals surface area contributed by atoms with Gasteiger partial charge in [-0.1, -0.05) is 0 Å². The van der Waals surface area contributed by atoms with E-state index >= 15 is 0 Å². The zero-order chi connectivity index (χ0) is 30.2. The molecule has 1 fully saturated rings. The summed E-state index contributed by atoms with van der Waals surface area (Å²) in [6, 6.07) is -5.59. The quantitative estimate of drug-likeness (QED) is 0.0138. The Morgan fingerprint density at radius 1 is 1.07 bits per heavy atom. The zero-order valence-corrected chi connectivity index (χ0v) is 23.7. The topological polar surface area (TPSA) is 258 Å². The van der Waals surface area contributed by atoms with Crippen molar-refractivity contribution >= 4 is 60.8 Å². The monoisotopic (exact) mass is 608 g/mol. The molecule has 0 aromatic heterocycles. The van der Waals surface area contributed by atoms with Gasteiger partial charge in [-0.25, -0.2) is 21.3 Å². The number of nitrogens with zero attached hydrogens (tertiary/aromatic N) is 1. The lowest BCUT2D eigenvalue weighted by molar-refractivity contribution is -0.145. The number of aliphatic hydroxyl groups is 1. The first-order chi connectivity index (χ1) is 19.0. The third kappa shape index (κ3) is 12.2. The SMILES string of the molecule is NC(N)NCCC[C@@H](C=O)NN1CCC[C@H]1C(=O)C(=O)[C@H](CC(=O)O)NC(=O)[C@H](CO)NN[C@@H](CS)C(=O)CS. The molecule has 1 rings (SSSR count). The van der Waals surface area contributed by atoms with Crippen molar-refractivity contribution in [3.05, 3.63) is 0 Å². The molecule has 0 radical (unpaired) electrons. The molecule has 1 aliphatic rings. The molecule has 5 atom stereocenters. The number of carboxylic acid groups (broad SMARTS) is 1. The molecule has 0 unspecified atom stereocenters. The van der Waals surface area contributed by atoms with Gasteiger partial charge >= 0.3 is 5.97 Å². The molecule has 0 spiro atoms. The lowest BCUT2D eigenvalue weighted by Gasteiger charge is -2.28. The number of thiol groups is 2. The van der Waals surface area contributed by atoms with Crippen LogP contribution < -0.4 is 38.4 Å². The predicted molar refractivity (Wildman–Crippen MR) is 150 cm³/mol. The van der Waals surface area contributed by atoms with Gasteiger partial charge in [-0.15, -0.1) is 0 Å². The van der Waals surface area contributed by atoms with Crippen LogP contribution in [0.3, 0.4) is 0 Å². The number of rotatable bonds is 22. The number of hydrogen-bond donors (Lipinski definition) is 11. The molecule has 0 aromatic carbocycles. The second-order valence-corrected chi connectivity index (χ2v) is 9.80. The number of nitrogens with two attached hydrogens (primary N) is 2. The number of aliphatic carboxylic acids is 1. The first kappa shape index (κ1) is 36.0. The van der Waals surface area contributed by atoms with E-state index in [9.17, 15) is 39.0 Å². The van der Waals surface area contributed by atoms with Crippen molar-refractivity contribution < 1.29 is 39.0 Å². The van der Waals surface area contributed by atoms with Gasteiger partial charge in [-0.3, -0.25) is 29.3 Å². The van der Waals surface area contributed by atoms with Gasteiger partial charge in [0.15, 0.2) is 5.78 Å². The summed E-state index contributed by atoms with van der Waals surface area (Å²) in [7, 11) is 0. The highest BCUT2D eigenvalue weighted by atomic mass is 32.1. The van der Waals surface area contributed by atoms with Gasteiger partial charge in [-0.05, 0) is 32.2 Å². The summed E-state index contributed by atoms with van der Waals surface area (Å²) in [6.45, 7) is 0.0335. The maximum atomic E-state index is 13.1. The number of carboxylic acids is 1. The third-order valence-corrected chi connectivity index (χ3v) is 6.71. The average Bonchev–Trinajstić information content (AvgIpc) is 3.38. The zero-order valence-electron chi connectivity index (χ0n) is 22.0. The summed E-state index contributed by atoms with van der Waals surface area (Å²) in [5, 5.41) is 25.4. The minimum Gasteiger partial charge on any atom is -0.481 e. The van der Waals surface area contributed by atoms with E-state index in [0.717, 1.165) is 0 Å². The second-order valence-electron chi connectivity index (χ2n) is 9.12. The van der Waals surface area contributed by atoms with Gasteiger partial charge in [0.05, 0.1) is 36.9 Å². The van der Waals surface area contributed by atoms with Crippen molar-refractivity contribution in [1.29, 1.82) is 0 Å². The molecule has 0 bridgehead atoms. The van der Waals surface area contributed by atoms with Crippen molar-refractivity contribution in [3.63, 3.8) is 0 Å². The molecule has 1 saturated heterocycles. The summed E-state index contributed by atoms with van der Waals surface area (Å²) in [5.41, 5.74) is 18.8. The molecular formula is C22H40N8O8S2. The number of Topliss-reactive ketones (excluding diaryl/α,β-unsaturated/α-hetero) is 3. The van der Waals surface area contributed by atoms with Crippen LogP contribution in [0.15, 0.2) is 0 Å². The fraction of sp³-hybridized carbons (Fsp3) is 0.727. The van der Waals surface area contributed by atoms with E-state index in [0.29, 0.717) is 38.6 Å². The van der Waals surface area contributed by atoms with Crippen LogP contribution in [0.5, 0.6) is 0 Å². The standard InChI is InChI=1S/C22H40N8O8S2/c23-22(24)25-5-1-3-12(8-31)29-30-6-2-4-16(30)20(37)19(36)13(7-18(34)35)26-21(38)14(9-32)27-28-15(10-39)17(33)11-40/h8,12-16,22,25,27-29,32,39-40H,1-7,9-11,23-24H2,(H,26,38)(H,34,35)/t12-,13-,14-,15-,16-/m0/s1. The summed E-state index contributed by atoms with van der Waals surface area (Å²) in [6.07, 6.45) is 0.842. The van der Waals surface area contributed by atoms with Crippen LogP contribution >= 0.6 is 25.3 Å². The number of carbonyl (C=O) groups is 6. The number of aldehydes is 1. The fourth-order valence-electron chi connectivity index (χ4n) is 3.89. The van der Waals surface area contributed by atoms with Crippen LogP contribution in [0, 0.1) is 0 Å². The third-order valence-electron chi connectivity index (χ3n) is 6.04. The van der Waals surface area contributed by atoms with E-state index in [2.05, 4.69) is 52.2 Å². The number of nitrogens with one attached hydrogen (secondary N) is 5. The predicted octanol–water partition coefficient (Wildman–Crippen LogP) is -4.56. The highest BCUT2D eigenvalue weighted by Gasteiger charge is 2.39. The van der Waals surface area contributed by atoms with Crippen molar-refractivity contribution in [2.45, 2.75) is 68.6 Å². The Hall–Kier alpha value is -2.00. The molecule has 11 N–H and O–H groups in total. The van der Waals surface area contributed by atoms with Gasteiger partial charge in [-0.2, -0.15) is 25.3 Å². The van der Waals surface area contributed by atoms with E-state index in [1.807, 2.05) is 0 Å². The maximum Gasteiger partial charge on any atom is 0.305 e. The largest absolute Gasteiger partial charge is 0.481 e. The van der Waals surface area contributed by atoms with E-state index in [1.54, 1.807) is 0 Å². The Balaban J connectivity index is 2.87. The summed E-state index contributed by atoms with van der Waals surface area (Å²) in [5.74, 6) is -4.88. The van der Waals surface area contributed by atoms with Gasteiger partial charge in [0.2, 0.25) is 17.5 Å². The van der Waals surface area contributed by atoms with Gasteiger partial charge < -0.3 is 31.8 Å². The minimum atomic E-state index is -1.72. The number of hydrazine groups is 2. The van der Waals surface area contributed by atoms with Crippen molar-refractivity contribution in [1.82, 2.24) is 31.9 Å². The molecule has 228 valence electrons. The molecule has 16 nitrogen and oxygen atoms in total. The van der Waals surface area contributed by atoms with E-state index in [4.69, 9.17) is 11.5 Å². The van der Waals surface area contributed by atoms with Crippen molar-refractivity contribution in [3.8, 4) is 0 Å². The summed E-state index contributed by atoms with van der Waals surface area (Å²) >= 11 is 7.92. The van der Waals surface area contributed by atoms with Gasteiger partial charge in [0.1, 0.15) is 24.7 Å². The summed E-state index contributed by atoms with van der Waals surface area (Å²) in [4.78, 5) is 73.8. The van der Waals surface area contributed by atoms with Crippen LogP contribution in [-0.4, -0.2) is 118 Å². The van der Waals surface area contributed by atoms with E-state index in [-0.39, 0.29) is 23.7 Å². The highest BCUT2D eigenvalue weighted by Crippen LogP contribution is 2.18. The first-order valence-electron chi connectivity index (χ1n) is 12.7.